The second-order valence-electron chi connectivity index (χ2n) is 5.92. The molecule has 3 heterocycles. The maximum Gasteiger partial charge on any atom is 0.354 e. The first kappa shape index (κ1) is 15.0. The fraction of sp³-hybridized carbons (Fsp3) is 0.562. The van der Waals surface area contributed by atoms with Gasteiger partial charge in [0.2, 0.25) is 0 Å². The summed E-state index contributed by atoms with van der Waals surface area (Å²) in [4.78, 5) is 28.8. The number of nitrogens with zero attached hydrogens (tertiary/aromatic N) is 2. The van der Waals surface area contributed by atoms with E-state index in [4.69, 9.17) is 9.84 Å². The lowest BCUT2D eigenvalue weighted by molar-refractivity contribution is 0.0291. The monoisotopic (exact) mass is 304 g/mol. The van der Waals surface area contributed by atoms with Crippen LogP contribution in [0.4, 0.5) is 0 Å². The van der Waals surface area contributed by atoms with Crippen molar-refractivity contribution in [2.45, 2.75) is 31.8 Å². The number of carbonyl (C=O) groups excluding carboxylic acids is 1. The number of carboxylic acid groups (broad SMARTS) is 1. The van der Waals surface area contributed by atoms with E-state index in [0.717, 1.165) is 45.4 Å². The topological polar surface area (TPSA) is 79.7 Å². The van der Waals surface area contributed by atoms with E-state index in [-0.39, 0.29) is 11.6 Å². The molecule has 1 atom stereocenters. The Hall–Kier alpha value is -1.95. The number of likely N-dealkylation sites (tertiary alicyclic amines) is 1. The van der Waals surface area contributed by atoms with E-state index in [1.54, 1.807) is 0 Å². The molecule has 6 heteroatoms. The quantitative estimate of drug-likeness (QED) is 0.921. The standard InChI is InChI=1S/C16H20N2O4/c19-15(12-3-4-13(16(20)21)17-10-12)18-7-5-11(6-8-18)14-2-1-9-22-14/h3-4,10-11,14H,1-2,5-9H2,(H,20,21). The molecule has 1 aromatic rings. The van der Waals surface area contributed by atoms with Gasteiger partial charge in [-0.15, -0.1) is 0 Å². The maximum absolute atomic E-state index is 12.4. The van der Waals surface area contributed by atoms with Gasteiger partial charge in [-0.2, -0.15) is 0 Å². The number of hydrogen-bond donors (Lipinski definition) is 1. The van der Waals surface area contributed by atoms with E-state index in [0.29, 0.717) is 17.6 Å². The van der Waals surface area contributed by atoms with Crippen LogP contribution >= 0.6 is 0 Å². The van der Waals surface area contributed by atoms with Gasteiger partial charge in [-0.1, -0.05) is 0 Å². The molecule has 6 nitrogen and oxygen atoms in total. The SMILES string of the molecule is O=C(O)c1ccc(C(=O)N2CCC(C3CCCO3)CC2)cn1. The summed E-state index contributed by atoms with van der Waals surface area (Å²) in [6, 6.07) is 2.90. The van der Waals surface area contributed by atoms with Crippen molar-refractivity contribution < 1.29 is 19.4 Å². The van der Waals surface area contributed by atoms with Gasteiger partial charge < -0.3 is 14.7 Å². The minimum absolute atomic E-state index is 0.0476. The van der Waals surface area contributed by atoms with Gasteiger partial charge in [0, 0.05) is 25.9 Å². The van der Waals surface area contributed by atoms with Gasteiger partial charge in [0.15, 0.2) is 0 Å². The molecule has 0 aliphatic carbocycles. The van der Waals surface area contributed by atoms with E-state index in [9.17, 15) is 9.59 Å². The summed E-state index contributed by atoms with van der Waals surface area (Å²) in [5.74, 6) is -0.606. The van der Waals surface area contributed by atoms with Crippen LogP contribution in [0.2, 0.25) is 0 Å². The van der Waals surface area contributed by atoms with Gasteiger partial charge in [0.1, 0.15) is 5.69 Å². The molecule has 0 radical (unpaired) electrons. The summed E-state index contributed by atoms with van der Waals surface area (Å²) < 4.78 is 5.74. The van der Waals surface area contributed by atoms with Gasteiger partial charge in [0.25, 0.3) is 5.91 Å². The molecule has 0 bridgehead atoms. The molecule has 0 spiro atoms. The van der Waals surface area contributed by atoms with Crippen molar-refractivity contribution in [3.8, 4) is 0 Å². The van der Waals surface area contributed by atoms with Crippen molar-refractivity contribution >= 4 is 11.9 Å². The Morgan fingerprint density at radius 1 is 1.23 bits per heavy atom. The molecule has 118 valence electrons. The van der Waals surface area contributed by atoms with Crippen molar-refractivity contribution in [3.63, 3.8) is 0 Å². The highest BCUT2D eigenvalue weighted by Gasteiger charge is 2.31. The molecule has 1 aromatic heterocycles. The number of piperidine rings is 1. The van der Waals surface area contributed by atoms with Crippen molar-refractivity contribution in [3.05, 3.63) is 29.6 Å². The third kappa shape index (κ3) is 3.11. The Bertz CT molecular complexity index is 544. The van der Waals surface area contributed by atoms with Crippen LogP contribution in [0, 0.1) is 5.92 Å². The predicted molar refractivity (Wildman–Crippen MR) is 78.8 cm³/mol. The van der Waals surface area contributed by atoms with E-state index in [1.165, 1.54) is 18.3 Å². The summed E-state index contributed by atoms with van der Waals surface area (Å²) in [5.41, 5.74) is 0.397. The second kappa shape index (κ2) is 6.44. The van der Waals surface area contributed by atoms with Crippen LogP contribution in [-0.4, -0.2) is 52.7 Å². The van der Waals surface area contributed by atoms with E-state index in [1.807, 2.05) is 4.90 Å². The molecule has 0 aromatic carbocycles. The van der Waals surface area contributed by atoms with Crippen LogP contribution in [0.15, 0.2) is 18.3 Å². The molecule has 1 unspecified atom stereocenters. The van der Waals surface area contributed by atoms with Gasteiger partial charge in [-0.3, -0.25) is 4.79 Å². The summed E-state index contributed by atoms with van der Waals surface area (Å²) >= 11 is 0. The van der Waals surface area contributed by atoms with Crippen molar-refractivity contribution in [1.82, 2.24) is 9.88 Å². The number of hydrogen-bond acceptors (Lipinski definition) is 4. The van der Waals surface area contributed by atoms with Gasteiger partial charge in [-0.05, 0) is 43.7 Å². The molecule has 22 heavy (non-hydrogen) atoms. The minimum Gasteiger partial charge on any atom is -0.477 e. The van der Waals surface area contributed by atoms with Crippen LogP contribution in [0.1, 0.15) is 46.5 Å². The highest BCUT2D eigenvalue weighted by molar-refractivity contribution is 5.94. The number of pyridine rings is 1. The minimum atomic E-state index is -1.09. The van der Waals surface area contributed by atoms with Gasteiger partial charge >= 0.3 is 5.97 Å². The van der Waals surface area contributed by atoms with Crippen LogP contribution in [-0.2, 0) is 4.74 Å². The fourth-order valence-corrected chi connectivity index (χ4v) is 3.28. The molecular formula is C16H20N2O4. The first-order valence-corrected chi connectivity index (χ1v) is 7.75. The van der Waals surface area contributed by atoms with Crippen LogP contribution in [0.5, 0.6) is 0 Å². The lowest BCUT2D eigenvalue weighted by Crippen LogP contribution is -2.41. The van der Waals surface area contributed by atoms with Crippen LogP contribution < -0.4 is 0 Å². The lowest BCUT2D eigenvalue weighted by Gasteiger charge is -2.34. The summed E-state index contributed by atoms with van der Waals surface area (Å²) in [6.45, 7) is 2.32. The third-order valence-corrected chi connectivity index (χ3v) is 4.55. The Morgan fingerprint density at radius 3 is 2.55 bits per heavy atom. The lowest BCUT2D eigenvalue weighted by atomic mass is 9.89. The van der Waals surface area contributed by atoms with Crippen LogP contribution in [0.3, 0.4) is 0 Å². The van der Waals surface area contributed by atoms with Crippen molar-refractivity contribution in [2.75, 3.05) is 19.7 Å². The number of aromatic nitrogens is 1. The molecule has 1 amide bonds. The first-order valence-electron chi connectivity index (χ1n) is 7.75. The number of carbonyl (C=O) groups is 2. The Balaban J connectivity index is 1.58. The van der Waals surface area contributed by atoms with Gasteiger partial charge in [0.05, 0.1) is 11.7 Å². The normalized spacial score (nSPS) is 22.7. The average Bonchev–Trinajstić information content (AvgIpc) is 3.09. The second-order valence-corrected chi connectivity index (χ2v) is 5.92. The molecular weight excluding hydrogens is 284 g/mol. The van der Waals surface area contributed by atoms with Gasteiger partial charge in [-0.25, -0.2) is 9.78 Å². The first-order chi connectivity index (χ1) is 10.6. The zero-order valence-electron chi connectivity index (χ0n) is 12.4. The molecule has 2 fully saturated rings. The molecule has 2 aliphatic rings. The molecule has 3 rings (SSSR count). The molecule has 2 saturated heterocycles. The highest BCUT2D eigenvalue weighted by Crippen LogP contribution is 2.29. The van der Waals surface area contributed by atoms with Crippen molar-refractivity contribution in [2.24, 2.45) is 5.92 Å². The zero-order valence-corrected chi connectivity index (χ0v) is 12.4. The number of carboxylic acids is 1. The number of aromatic carboxylic acids is 1. The predicted octanol–water partition coefficient (Wildman–Crippen LogP) is 1.81. The summed E-state index contributed by atoms with van der Waals surface area (Å²) in [7, 11) is 0. The average molecular weight is 304 g/mol. The molecule has 2 aliphatic heterocycles. The highest BCUT2D eigenvalue weighted by atomic mass is 16.5. The Labute approximate surface area is 129 Å². The third-order valence-electron chi connectivity index (χ3n) is 4.55. The van der Waals surface area contributed by atoms with Crippen LogP contribution in [0.25, 0.3) is 0 Å². The molecule has 0 saturated carbocycles. The maximum atomic E-state index is 12.4. The molecule has 1 N–H and O–H groups in total. The van der Waals surface area contributed by atoms with E-state index in [2.05, 4.69) is 4.98 Å². The number of amides is 1. The summed E-state index contributed by atoms with van der Waals surface area (Å²) in [6.07, 6.45) is 5.94. The smallest absolute Gasteiger partial charge is 0.354 e. The summed E-state index contributed by atoms with van der Waals surface area (Å²) in [5, 5.41) is 8.83. The number of ether oxygens (including phenoxy) is 1. The zero-order chi connectivity index (χ0) is 15.5. The fourth-order valence-electron chi connectivity index (χ4n) is 3.28. The number of rotatable bonds is 3. The Kier molecular flexibility index (Phi) is 4.38. The van der Waals surface area contributed by atoms with Crippen molar-refractivity contribution in [1.29, 1.82) is 0 Å². The van der Waals surface area contributed by atoms with E-state index < -0.39 is 5.97 Å². The van der Waals surface area contributed by atoms with E-state index >= 15 is 0 Å². The largest absolute Gasteiger partial charge is 0.477 e. The Morgan fingerprint density at radius 2 is 2.00 bits per heavy atom.